The van der Waals surface area contributed by atoms with Crippen LogP contribution in [0, 0.1) is 0 Å². The van der Waals surface area contributed by atoms with Gasteiger partial charge in [-0.05, 0) is 18.6 Å². The van der Waals surface area contributed by atoms with Crippen molar-refractivity contribution < 1.29 is 40.5 Å². The number of esters is 2. The molecule has 4 heteroatoms. The number of rotatable bonds is 3. The second kappa shape index (κ2) is 7.52. The van der Waals surface area contributed by atoms with E-state index in [0.717, 1.165) is 0 Å². The number of carbonyl (C=O) groups excluding carboxylic acids is 2. The molecular weight excluding hydrogens is 271 g/mol. The van der Waals surface area contributed by atoms with Gasteiger partial charge < -0.3 is 4.74 Å². The van der Waals surface area contributed by atoms with E-state index >= 15 is 0 Å². The minimum Gasteiger partial charge on any atom is -0.389 e. The van der Waals surface area contributed by atoms with Crippen molar-refractivity contribution in [2.45, 2.75) is 19.8 Å². The molecule has 0 heterocycles. The Balaban J connectivity index is 0.00000196. The van der Waals surface area contributed by atoms with Crippen LogP contribution in [0.5, 0.6) is 0 Å². The van der Waals surface area contributed by atoms with Gasteiger partial charge in [0.25, 0.3) is 0 Å². The van der Waals surface area contributed by atoms with Crippen molar-refractivity contribution in [2.75, 3.05) is 0 Å². The zero-order valence-electron chi connectivity index (χ0n) is 8.53. The van der Waals surface area contributed by atoms with Crippen molar-refractivity contribution in [2.24, 2.45) is 0 Å². The van der Waals surface area contributed by atoms with Crippen molar-refractivity contribution in [1.29, 1.82) is 0 Å². The molecule has 0 unspecified atom stereocenters. The summed E-state index contributed by atoms with van der Waals surface area (Å²) >= 11 is 0. The third kappa shape index (κ3) is 5.03. The quantitative estimate of drug-likeness (QED) is 0.631. The SMILES string of the molecule is CCCC(=O)OC(=O)c1ccccc1.[Zr]. The Morgan fingerprint density at radius 1 is 1.20 bits per heavy atom. The van der Waals surface area contributed by atoms with Crippen molar-refractivity contribution in [3.63, 3.8) is 0 Å². The first-order valence-corrected chi connectivity index (χ1v) is 4.54. The van der Waals surface area contributed by atoms with Crippen LogP contribution in [0.2, 0.25) is 0 Å². The van der Waals surface area contributed by atoms with Gasteiger partial charge in [0.05, 0.1) is 5.56 Å². The van der Waals surface area contributed by atoms with Gasteiger partial charge >= 0.3 is 11.9 Å². The predicted octanol–water partition coefficient (Wildman–Crippen LogP) is 2.17. The van der Waals surface area contributed by atoms with E-state index in [1.54, 1.807) is 30.3 Å². The molecule has 0 saturated heterocycles. The number of hydrogen-bond donors (Lipinski definition) is 0. The predicted molar refractivity (Wildman–Crippen MR) is 51.8 cm³/mol. The van der Waals surface area contributed by atoms with Gasteiger partial charge in [-0.1, -0.05) is 25.1 Å². The maximum Gasteiger partial charge on any atom is 0.345 e. The molecular formula is C11H12O3Zr. The van der Waals surface area contributed by atoms with Gasteiger partial charge in [-0.25, -0.2) is 4.79 Å². The molecule has 1 rings (SSSR count). The number of hydrogen-bond acceptors (Lipinski definition) is 3. The van der Waals surface area contributed by atoms with E-state index in [0.29, 0.717) is 12.0 Å². The molecule has 0 N–H and O–H groups in total. The molecule has 3 nitrogen and oxygen atoms in total. The van der Waals surface area contributed by atoms with Gasteiger partial charge in [0, 0.05) is 32.6 Å². The summed E-state index contributed by atoms with van der Waals surface area (Å²) < 4.78 is 4.60. The molecule has 0 atom stereocenters. The molecule has 0 aromatic heterocycles. The first-order valence-electron chi connectivity index (χ1n) is 4.54. The summed E-state index contributed by atoms with van der Waals surface area (Å²) in [6.07, 6.45) is 0.958. The Morgan fingerprint density at radius 3 is 2.33 bits per heavy atom. The van der Waals surface area contributed by atoms with Crippen molar-refractivity contribution >= 4 is 11.9 Å². The summed E-state index contributed by atoms with van der Waals surface area (Å²) in [5, 5.41) is 0. The van der Waals surface area contributed by atoms with E-state index in [1.807, 2.05) is 6.92 Å². The molecule has 0 aliphatic carbocycles. The first-order chi connectivity index (χ1) is 6.74. The van der Waals surface area contributed by atoms with Crippen LogP contribution >= 0.6 is 0 Å². The molecule has 0 fully saturated rings. The largest absolute Gasteiger partial charge is 0.389 e. The fourth-order valence-electron chi connectivity index (χ4n) is 0.992. The second-order valence-corrected chi connectivity index (χ2v) is 2.88. The Labute approximate surface area is 108 Å². The molecule has 1 aromatic carbocycles. The number of carbonyl (C=O) groups is 2. The van der Waals surface area contributed by atoms with E-state index in [4.69, 9.17) is 0 Å². The van der Waals surface area contributed by atoms with Gasteiger partial charge in [0.2, 0.25) is 0 Å². The molecule has 1 aromatic rings. The topological polar surface area (TPSA) is 43.4 Å². The number of benzene rings is 1. The van der Waals surface area contributed by atoms with Crippen LogP contribution in [0.3, 0.4) is 0 Å². The summed E-state index contributed by atoms with van der Waals surface area (Å²) in [6, 6.07) is 8.47. The number of ether oxygens (including phenoxy) is 1. The van der Waals surface area contributed by atoms with Gasteiger partial charge in [-0.3, -0.25) is 4.79 Å². The van der Waals surface area contributed by atoms with Crippen LogP contribution in [0.25, 0.3) is 0 Å². The van der Waals surface area contributed by atoms with E-state index in [-0.39, 0.29) is 32.6 Å². The normalized spacial score (nSPS) is 8.87. The standard InChI is InChI=1S/C11H12O3.Zr/c1-2-6-10(12)14-11(13)9-7-4-3-5-8-9;/h3-5,7-8H,2,6H2,1H3;. The van der Waals surface area contributed by atoms with Gasteiger partial charge in [-0.15, -0.1) is 0 Å². The zero-order chi connectivity index (χ0) is 10.4. The Kier molecular flexibility index (Phi) is 7.14. The minimum atomic E-state index is -0.580. The molecule has 78 valence electrons. The fraction of sp³-hybridized carbons (Fsp3) is 0.273. The molecule has 0 aliphatic heterocycles. The average molecular weight is 283 g/mol. The van der Waals surface area contributed by atoms with Crippen LogP contribution in [-0.4, -0.2) is 11.9 Å². The second-order valence-electron chi connectivity index (χ2n) is 2.88. The molecule has 15 heavy (non-hydrogen) atoms. The van der Waals surface area contributed by atoms with E-state index in [2.05, 4.69) is 4.74 Å². The summed E-state index contributed by atoms with van der Waals surface area (Å²) in [5.41, 5.74) is 0.400. The van der Waals surface area contributed by atoms with Crippen LogP contribution in [0.15, 0.2) is 30.3 Å². The van der Waals surface area contributed by atoms with Crippen molar-refractivity contribution in [1.82, 2.24) is 0 Å². The third-order valence-electron chi connectivity index (χ3n) is 1.67. The van der Waals surface area contributed by atoms with Crippen molar-refractivity contribution in [3.8, 4) is 0 Å². The molecule has 0 bridgehead atoms. The van der Waals surface area contributed by atoms with Crippen LogP contribution in [0.1, 0.15) is 30.1 Å². The van der Waals surface area contributed by atoms with Crippen LogP contribution in [-0.2, 0) is 35.7 Å². The molecule has 0 aliphatic rings. The molecule has 0 spiro atoms. The monoisotopic (exact) mass is 282 g/mol. The third-order valence-corrected chi connectivity index (χ3v) is 1.67. The minimum absolute atomic E-state index is 0. The summed E-state index contributed by atoms with van der Waals surface area (Å²) in [6.45, 7) is 1.86. The van der Waals surface area contributed by atoms with E-state index in [1.165, 1.54) is 0 Å². The zero-order valence-corrected chi connectivity index (χ0v) is 11.0. The van der Waals surface area contributed by atoms with Crippen LogP contribution < -0.4 is 0 Å². The average Bonchev–Trinajstić information content (AvgIpc) is 2.19. The van der Waals surface area contributed by atoms with Crippen LogP contribution in [0.4, 0.5) is 0 Å². The first kappa shape index (κ1) is 14.2. The molecule has 0 saturated carbocycles. The Morgan fingerprint density at radius 2 is 1.80 bits per heavy atom. The summed E-state index contributed by atoms with van der Waals surface area (Å²) in [4.78, 5) is 22.3. The fourth-order valence-corrected chi connectivity index (χ4v) is 0.992. The Bertz CT molecular complexity index is 322. The van der Waals surface area contributed by atoms with Crippen molar-refractivity contribution in [3.05, 3.63) is 35.9 Å². The molecule has 0 amide bonds. The maximum absolute atomic E-state index is 11.3. The smallest absolute Gasteiger partial charge is 0.345 e. The Hall–Kier alpha value is -0.757. The van der Waals surface area contributed by atoms with E-state index < -0.39 is 11.9 Å². The summed E-state index contributed by atoms with van der Waals surface area (Å²) in [7, 11) is 0. The van der Waals surface area contributed by atoms with Gasteiger partial charge in [0.1, 0.15) is 0 Å². The summed E-state index contributed by atoms with van der Waals surface area (Å²) in [5.74, 6) is -1.05. The van der Waals surface area contributed by atoms with E-state index in [9.17, 15) is 9.59 Å². The van der Waals surface area contributed by atoms with Gasteiger partial charge in [0.15, 0.2) is 0 Å². The molecule has 0 radical (unpaired) electrons. The maximum atomic E-state index is 11.3. The van der Waals surface area contributed by atoms with Gasteiger partial charge in [-0.2, -0.15) is 0 Å².